The third-order valence-corrected chi connectivity index (χ3v) is 5.58. The van der Waals surface area contributed by atoms with Crippen LogP contribution in [0.5, 0.6) is 0 Å². The quantitative estimate of drug-likeness (QED) is 0.709. The van der Waals surface area contributed by atoms with Crippen molar-refractivity contribution in [1.29, 1.82) is 0 Å². The van der Waals surface area contributed by atoms with E-state index >= 15 is 0 Å². The first-order valence-electron chi connectivity index (χ1n) is 6.99. The largest absolute Gasteiger partial charge is 0.365 e. The van der Waals surface area contributed by atoms with Gasteiger partial charge in [0.2, 0.25) is 0 Å². The van der Waals surface area contributed by atoms with E-state index in [0.717, 1.165) is 6.42 Å². The number of rotatable bonds is 1. The van der Waals surface area contributed by atoms with Crippen LogP contribution in [0.4, 0.5) is 0 Å². The Balaban J connectivity index is 2.04. The van der Waals surface area contributed by atoms with Crippen LogP contribution in [-0.4, -0.2) is 16.5 Å². The van der Waals surface area contributed by atoms with Crippen molar-refractivity contribution < 1.29 is 9.84 Å². The van der Waals surface area contributed by atoms with Crippen molar-refractivity contribution in [3.8, 4) is 0 Å². The predicted octanol–water partition coefficient (Wildman–Crippen LogP) is 3.11. The summed E-state index contributed by atoms with van der Waals surface area (Å²) in [7, 11) is 0. The lowest BCUT2D eigenvalue weighted by Crippen LogP contribution is -2.48. The van der Waals surface area contributed by atoms with E-state index in [-0.39, 0.29) is 11.5 Å². The molecule has 2 bridgehead atoms. The zero-order valence-electron chi connectivity index (χ0n) is 11.2. The van der Waals surface area contributed by atoms with E-state index < -0.39 is 5.79 Å². The first-order valence-corrected chi connectivity index (χ1v) is 6.99. The first-order chi connectivity index (χ1) is 7.89. The molecule has 3 fully saturated rings. The fourth-order valence-corrected chi connectivity index (χ4v) is 4.64. The lowest BCUT2D eigenvalue weighted by atomic mass is 9.77. The second-order valence-corrected chi connectivity index (χ2v) is 6.82. The van der Waals surface area contributed by atoms with Gasteiger partial charge in [-0.25, -0.2) is 0 Å². The van der Waals surface area contributed by atoms with Crippen LogP contribution in [0, 0.1) is 23.7 Å². The zero-order valence-corrected chi connectivity index (χ0v) is 11.2. The number of hydrogen-bond acceptors (Lipinski definition) is 2. The van der Waals surface area contributed by atoms with E-state index in [0.29, 0.717) is 24.2 Å². The second-order valence-electron chi connectivity index (χ2n) is 6.82. The van der Waals surface area contributed by atoms with Crippen molar-refractivity contribution in [1.82, 2.24) is 0 Å². The molecule has 0 aromatic rings. The average Bonchev–Trinajstić information content (AvgIpc) is 2.65. The minimum atomic E-state index is -0.930. The molecule has 1 aliphatic carbocycles. The molecule has 2 heterocycles. The van der Waals surface area contributed by atoms with Crippen LogP contribution in [0.2, 0.25) is 0 Å². The maximum atomic E-state index is 10.8. The van der Waals surface area contributed by atoms with E-state index in [1.807, 2.05) is 0 Å². The van der Waals surface area contributed by atoms with Gasteiger partial charge in [0.05, 0.1) is 5.60 Å². The summed E-state index contributed by atoms with van der Waals surface area (Å²) in [5, 5.41) is 10.8. The SMILES string of the molecule is C=C1C[C@]2(O)O[C@]3(C[C@@H]2C(C)C)[C@H](C)CC[C@@H]13. The molecule has 2 nitrogen and oxygen atoms in total. The van der Waals surface area contributed by atoms with Crippen molar-refractivity contribution in [3.63, 3.8) is 0 Å². The Morgan fingerprint density at radius 1 is 1.41 bits per heavy atom. The highest BCUT2D eigenvalue weighted by Crippen LogP contribution is 2.63. The molecule has 0 unspecified atom stereocenters. The summed E-state index contributed by atoms with van der Waals surface area (Å²) in [6, 6.07) is 0. The Hall–Kier alpha value is -0.340. The zero-order chi connectivity index (χ0) is 12.4. The van der Waals surface area contributed by atoms with Crippen LogP contribution < -0.4 is 0 Å². The second kappa shape index (κ2) is 3.36. The number of hydrogen-bond donors (Lipinski definition) is 1. The van der Waals surface area contributed by atoms with E-state index in [1.54, 1.807) is 0 Å². The fourth-order valence-electron chi connectivity index (χ4n) is 4.64. The maximum Gasteiger partial charge on any atom is 0.173 e. The molecule has 1 spiro atoms. The van der Waals surface area contributed by atoms with Crippen molar-refractivity contribution in [2.45, 2.75) is 57.8 Å². The molecule has 0 amide bonds. The van der Waals surface area contributed by atoms with Crippen LogP contribution in [0.25, 0.3) is 0 Å². The highest BCUT2D eigenvalue weighted by molar-refractivity contribution is 5.24. The van der Waals surface area contributed by atoms with Crippen LogP contribution >= 0.6 is 0 Å². The monoisotopic (exact) mass is 236 g/mol. The third-order valence-electron chi connectivity index (χ3n) is 5.58. The Bertz CT molecular complexity index is 362. The minimum absolute atomic E-state index is 0.0982. The maximum absolute atomic E-state index is 10.8. The highest BCUT2D eigenvalue weighted by atomic mass is 16.6. The van der Waals surface area contributed by atoms with Gasteiger partial charge in [0.15, 0.2) is 5.79 Å². The van der Waals surface area contributed by atoms with E-state index in [2.05, 4.69) is 27.4 Å². The van der Waals surface area contributed by atoms with Crippen molar-refractivity contribution in [2.24, 2.45) is 23.7 Å². The van der Waals surface area contributed by atoms with Crippen LogP contribution in [-0.2, 0) is 4.74 Å². The molecule has 2 saturated heterocycles. The molecule has 0 radical (unpaired) electrons. The Morgan fingerprint density at radius 3 is 2.76 bits per heavy atom. The third kappa shape index (κ3) is 1.34. The average molecular weight is 236 g/mol. The molecule has 5 atom stereocenters. The van der Waals surface area contributed by atoms with Gasteiger partial charge in [-0.3, -0.25) is 0 Å². The smallest absolute Gasteiger partial charge is 0.173 e. The molecule has 1 N–H and O–H groups in total. The van der Waals surface area contributed by atoms with E-state index in [9.17, 15) is 5.11 Å². The Morgan fingerprint density at radius 2 is 2.12 bits per heavy atom. The predicted molar refractivity (Wildman–Crippen MR) is 67.4 cm³/mol. The Labute approximate surface area is 104 Å². The van der Waals surface area contributed by atoms with Crippen molar-refractivity contribution in [3.05, 3.63) is 12.2 Å². The van der Waals surface area contributed by atoms with Crippen LogP contribution in [0.15, 0.2) is 12.2 Å². The highest BCUT2D eigenvalue weighted by Gasteiger charge is 2.66. The van der Waals surface area contributed by atoms with Gasteiger partial charge in [-0.05, 0) is 31.1 Å². The van der Waals surface area contributed by atoms with Gasteiger partial charge >= 0.3 is 0 Å². The van der Waals surface area contributed by atoms with Crippen molar-refractivity contribution in [2.75, 3.05) is 0 Å². The minimum Gasteiger partial charge on any atom is -0.365 e. The topological polar surface area (TPSA) is 29.5 Å². The normalized spacial score (nSPS) is 53.2. The lowest BCUT2D eigenvalue weighted by Gasteiger charge is -2.43. The molecular formula is C15H24O2. The van der Waals surface area contributed by atoms with E-state index in [1.165, 1.54) is 18.4 Å². The summed E-state index contributed by atoms with van der Waals surface area (Å²) in [5.41, 5.74) is 1.13. The molecule has 17 heavy (non-hydrogen) atoms. The molecule has 3 aliphatic rings. The van der Waals surface area contributed by atoms with Crippen LogP contribution in [0.1, 0.15) is 46.5 Å². The lowest BCUT2D eigenvalue weighted by molar-refractivity contribution is -0.269. The molecular weight excluding hydrogens is 212 g/mol. The van der Waals surface area contributed by atoms with Gasteiger partial charge in [-0.15, -0.1) is 0 Å². The van der Waals surface area contributed by atoms with Gasteiger partial charge in [0.1, 0.15) is 0 Å². The number of fused-ring (bicyclic) bond motifs is 1. The molecule has 0 aromatic carbocycles. The first kappa shape index (κ1) is 11.7. The summed E-state index contributed by atoms with van der Waals surface area (Å²) in [6.45, 7) is 10.9. The van der Waals surface area contributed by atoms with Gasteiger partial charge in [0, 0.05) is 18.3 Å². The number of aliphatic hydroxyl groups is 1. The van der Waals surface area contributed by atoms with Gasteiger partial charge in [-0.1, -0.05) is 32.9 Å². The standard InChI is InChI=1S/C15H24O2/c1-9(2)13-8-14-11(4)5-6-12(14)10(3)7-15(13,16)17-14/h9,11-13,16H,3,5-8H2,1-2,4H3/t11-,12+,13-,14-,15+/m1/s1. The number of ether oxygens (including phenoxy) is 1. The summed E-state index contributed by atoms with van der Waals surface area (Å²) >= 11 is 0. The summed E-state index contributed by atoms with van der Waals surface area (Å²) < 4.78 is 6.25. The van der Waals surface area contributed by atoms with Gasteiger partial charge < -0.3 is 9.84 Å². The van der Waals surface area contributed by atoms with Crippen LogP contribution in [0.3, 0.4) is 0 Å². The Kier molecular flexibility index (Phi) is 2.32. The summed E-state index contributed by atoms with van der Waals surface area (Å²) in [4.78, 5) is 0. The fraction of sp³-hybridized carbons (Fsp3) is 0.867. The summed E-state index contributed by atoms with van der Waals surface area (Å²) in [5.74, 6) is 0.852. The van der Waals surface area contributed by atoms with E-state index in [4.69, 9.17) is 4.74 Å². The molecule has 1 saturated carbocycles. The molecule has 96 valence electrons. The molecule has 2 heteroatoms. The molecule has 3 rings (SSSR count). The van der Waals surface area contributed by atoms with Gasteiger partial charge in [0.25, 0.3) is 0 Å². The summed E-state index contributed by atoms with van der Waals surface area (Å²) in [6.07, 6.45) is 4.08. The van der Waals surface area contributed by atoms with Crippen molar-refractivity contribution >= 4 is 0 Å². The van der Waals surface area contributed by atoms with Gasteiger partial charge in [-0.2, -0.15) is 0 Å². The molecule has 2 aliphatic heterocycles. The molecule has 0 aromatic heterocycles.